The molecule has 0 unspecified atom stereocenters. The molecule has 0 aliphatic rings. The highest BCUT2D eigenvalue weighted by atomic mass is 16.5. The first-order valence-corrected chi connectivity index (χ1v) is 5.84. The van der Waals surface area contributed by atoms with Crippen LogP contribution in [0, 0.1) is 0 Å². The van der Waals surface area contributed by atoms with Crippen molar-refractivity contribution in [3.8, 4) is 5.75 Å². The lowest BCUT2D eigenvalue weighted by Gasteiger charge is -2.03. The van der Waals surface area contributed by atoms with Crippen molar-refractivity contribution in [1.29, 1.82) is 0 Å². The van der Waals surface area contributed by atoms with Crippen molar-refractivity contribution < 1.29 is 4.74 Å². The maximum atomic E-state index is 11.9. The molecule has 1 aromatic heterocycles. The zero-order valence-corrected chi connectivity index (χ0v) is 10.3. The Kier molecular flexibility index (Phi) is 3.84. The van der Waals surface area contributed by atoms with E-state index in [1.54, 1.807) is 18.0 Å². The van der Waals surface area contributed by atoms with Crippen LogP contribution in [0.1, 0.15) is 11.1 Å². The lowest BCUT2D eigenvalue weighted by atomic mass is 10.2. The Hall–Kier alpha value is -2.01. The highest BCUT2D eigenvalue weighted by Gasteiger charge is 2.05. The minimum Gasteiger partial charge on any atom is -0.497 e. The summed E-state index contributed by atoms with van der Waals surface area (Å²) >= 11 is 0. The molecular weight excluding hydrogens is 230 g/mol. The third kappa shape index (κ3) is 2.62. The number of nitrogens with two attached hydrogens (primary N) is 1. The number of nitrogens with one attached hydrogen (secondary N) is 1. The fraction of sp³-hybridized carbons (Fsp3) is 0.308. The number of aromatic nitrogens is 2. The maximum absolute atomic E-state index is 11.9. The Balaban J connectivity index is 2.15. The minimum atomic E-state index is -0.00346. The Morgan fingerprint density at radius 1 is 1.33 bits per heavy atom. The van der Waals surface area contributed by atoms with Crippen LogP contribution in [0.3, 0.4) is 0 Å². The molecule has 1 aromatic carbocycles. The van der Waals surface area contributed by atoms with E-state index in [1.165, 1.54) is 0 Å². The van der Waals surface area contributed by atoms with Gasteiger partial charge in [0.1, 0.15) is 5.75 Å². The molecule has 2 rings (SSSR count). The molecule has 0 atom stereocenters. The molecule has 5 heteroatoms. The second-order valence-corrected chi connectivity index (χ2v) is 4.08. The van der Waals surface area contributed by atoms with E-state index in [9.17, 15) is 4.79 Å². The summed E-state index contributed by atoms with van der Waals surface area (Å²) in [4.78, 5) is 11.9. The second kappa shape index (κ2) is 5.55. The number of aromatic amines is 1. The van der Waals surface area contributed by atoms with Gasteiger partial charge >= 0.3 is 0 Å². The van der Waals surface area contributed by atoms with Crippen LogP contribution < -0.4 is 16.0 Å². The fourth-order valence-electron chi connectivity index (χ4n) is 1.82. The number of benzene rings is 1. The number of ether oxygens (including phenoxy) is 1. The monoisotopic (exact) mass is 247 g/mol. The Bertz CT molecular complexity index is 554. The first-order valence-electron chi connectivity index (χ1n) is 5.84. The number of hydrogen-bond acceptors (Lipinski definition) is 3. The average Bonchev–Trinajstić information content (AvgIpc) is 2.73. The van der Waals surface area contributed by atoms with Gasteiger partial charge in [0.25, 0.3) is 5.56 Å². The zero-order chi connectivity index (χ0) is 13.0. The molecule has 0 radical (unpaired) electrons. The fourth-order valence-corrected chi connectivity index (χ4v) is 1.82. The molecular formula is C13H17N3O2. The van der Waals surface area contributed by atoms with Crippen LogP contribution >= 0.6 is 0 Å². The SMILES string of the molecule is COc1ccc(Cn2[nH]cc(CCN)c2=O)cc1. The van der Waals surface area contributed by atoms with Crippen molar-refractivity contribution in [1.82, 2.24) is 9.78 Å². The molecule has 0 bridgehead atoms. The molecule has 96 valence electrons. The topological polar surface area (TPSA) is 73.0 Å². The van der Waals surface area contributed by atoms with Crippen LogP contribution in [-0.2, 0) is 13.0 Å². The molecule has 1 heterocycles. The minimum absolute atomic E-state index is 0.00346. The Morgan fingerprint density at radius 2 is 2.06 bits per heavy atom. The largest absolute Gasteiger partial charge is 0.497 e. The zero-order valence-electron chi connectivity index (χ0n) is 10.3. The van der Waals surface area contributed by atoms with E-state index in [4.69, 9.17) is 10.5 Å². The first kappa shape index (κ1) is 12.4. The van der Waals surface area contributed by atoms with Crippen LogP contribution in [0.2, 0.25) is 0 Å². The second-order valence-electron chi connectivity index (χ2n) is 4.08. The quantitative estimate of drug-likeness (QED) is 0.818. The molecule has 0 amide bonds. The van der Waals surface area contributed by atoms with Gasteiger partial charge in [-0.1, -0.05) is 12.1 Å². The summed E-state index contributed by atoms with van der Waals surface area (Å²) in [5, 5.41) is 2.95. The predicted octanol–water partition coefficient (Wildman–Crippen LogP) is 0.735. The van der Waals surface area contributed by atoms with Gasteiger partial charge in [-0.15, -0.1) is 0 Å². The first-order chi connectivity index (χ1) is 8.74. The highest BCUT2D eigenvalue weighted by molar-refractivity contribution is 5.27. The van der Waals surface area contributed by atoms with E-state index in [2.05, 4.69) is 5.10 Å². The molecule has 0 fully saturated rings. The molecule has 5 nitrogen and oxygen atoms in total. The summed E-state index contributed by atoms with van der Waals surface area (Å²) in [5.41, 5.74) is 7.21. The standard InChI is InChI=1S/C13H17N3O2/c1-18-12-4-2-10(3-5-12)9-16-13(17)11(6-7-14)8-15-16/h2-5,8,15H,6-7,9,14H2,1H3. The molecule has 0 spiro atoms. The summed E-state index contributed by atoms with van der Waals surface area (Å²) in [6.45, 7) is 1.00. The Labute approximate surface area is 105 Å². The van der Waals surface area contributed by atoms with Crippen LogP contribution in [-0.4, -0.2) is 23.4 Å². The lowest BCUT2D eigenvalue weighted by Crippen LogP contribution is -2.21. The maximum Gasteiger partial charge on any atom is 0.269 e. The molecule has 18 heavy (non-hydrogen) atoms. The summed E-state index contributed by atoms with van der Waals surface area (Å²) < 4.78 is 6.67. The van der Waals surface area contributed by atoms with Gasteiger partial charge in [-0.3, -0.25) is 4.79 Å². The normalized spacial score (nSPS) is 10.6. The summed E-state index contributed by atoms with van der Waals surface area (Å²) in [5.74, 6) is 0.807. The number of hydrogen-bond donors (Lipinski definition) is 2. The van der Waals surface area contributed by atoms with Gasteiger partial charge in [0.2, 0.25) is 0 Å². The van der Waals surface area contributed by atoms with Crippen molar-refractivity contribution in [3.05, 3.63) is 51.9 Å². The van der Waals surface area contributed by atoms with E-state index in [0.717, 1.165) is 16.9 Å². The van der Waals surface area contributed by atoms with Crippen molar-refractivity contribution in [2.45, 2.75) is 13.0 Å². The molecule has 3 N–H and O–H groups in total. The highest BCUT2D eigenvalue weighted by Crippen LogP contribution is 2.11. The van der Waals surface area contributed by atoms with Crippen molar-refractivity contribution in [2.75, 3.05) is 13.7 Å². The van der Waals surface area contributed by atoms with Gasteiger partial charge < -0.3 is 15.6 Å². The van der Waals surface area contributed by atoms with Crippen LogP contribution in [0.4, 0.5) is 0 Å². The van der Waals surface area contributed by atoms with Gasteiger partial charge in [-0.25, -0.2) is 4.68 Å². The molecule has 2 aromatic rings. The van der Waals surface area contributed by atoms with Gasteiger partial charge in [-0.05, 0) is 30.7 Å². The third-order valence-electron chi connectivity index (χ3n) is 2.83. The summed E-state index contributed by atoms with van der Waals surface area (Å²) in [7, 11) is 1.63. The molecule has 0 saturated heterocycles. The van der Waals surface area contributed by atoms with Crippen LogP contribution in [0.5, 0.6) is 5.75 Å². The van der Waals surface area contributed by atoms with E-state index in [0.29, 0.717) is 19.5 Å². The number of nitrogens with zero attached hydrogens (tertiary/aromatic N) is 1. The van der Waals surface area contributed by atoms with E-state index in [1.807, 2.05) is 24.3 Å². The van der Waals surface area contributed by atoms with Crippen LogP contribution in [0.25, 0.3) is 0 Å². The summed E-state index contributed by atoms with van der Waals surface area (Å²) in [6.07, 6.45) is 2.32. The van der Waals surface area contributed by atoms with Crippen molar-refractivity contribution >= 4 is 0 Å². The van der Waals surface area contributed by atoms with E-state index >= 15 is 0 Å². The van der Waals surface area contributed by atoms with Crippen molar-refractivity contribution in [2.24, 2.45) is 5.73 Å². The predicted molar refractivity (Wildman–Crippen MR) is 69.9 cm³/mol. The molecule has 0 aliphatic heterocycles. The number of H-pyrrole nitrogens is 1. The summed E-state index contributed by atoms with van der Waals surface area (Å²) in [6, 6.07) is 7.64. The number of methoxy groups -OCH3 is 1. The molecule has 0 saturated carbocycles. The van der Waals surface area contributed by atoms with E-state index in [-0.39, 0.29) is 5.56 Å². The average molecular weight is 247 g/mol. The molecule has 0 aliphatic carbocycles. The lowest BCUT2D eigenvalue weighted by molar-refractivity contribution is 0.414. The third-order valence-corrected chi connectivity index (χ3v) is 2.83. The van der Waals surface area contributed by atoms with E-state index < -0.39 is 0 Å². The van der Waals surface area contributed by atoms with Crippen LogP contribution in [0.15, 0.2) is 35.3 Å². The van der Waals surface area contributed by atoms with Gasteiger partial charge in [0, 0.05) is 11.8 Å². The smallest absolute Gasteiger partial charge is 0.269 e. The van der Waals surface area contributed by atoms with Crippen molar-refractivity contribution in [3.63, 3.8) is 0 Å². The van der Waals surface area contributed by atoms with Gasteiger partial charge in [-0.2, -0.15) is 0 Å². The number of rotatable bonds is 5. The Morgan fingerprint density at radius 3 is 2.67 bits per heavy atom. The van der Waals surface area contributed by atoms with Gasteiger partial charge in [0.05, 0.1) is 13.7 Å². The van der Waals surface area contributed by atoms with Gasteiger partial charge in [0.15, 0.2) is 0 Å².